The topological polar surface area (TPSA) is 67.8 Å². The van der Waals surface area contributed by atoms with E-state index in [4.69, 9.17) is 0 Å². The Morgan fingerprint density at radius 3 is 2.68 bits per heavy atom. The third-order valence-electron chi connectivity index (χ3n) is 3.98. The zero-order valence-corrected chi connectivity index (χ0v) is 15.5. The summed E-state index contributed by atoms with van der Waals surface area (Å²) in [5.41, 5.74) is 2.75. The Balaban J connectivity index is 1.40. The van der Waals surface area contributed by atoms with Gasteiger partial charge in [0.2, 0.25) is 5.91 Å². The number of carbonyl (C=O) groups excluding carboxylic acids is 1. The molecular formula is C21H15FN4OS. The minimum atomic E-state index is -0.318. The molecule has 0 radical (unpaired) electrons. The second kappa shape index (κ2) is 8.06. The van der Waals surface area contributed by atoms with E-state index in [9.17, 15) is 9.18 Å². The first kappa shape index (κ1) is 17.9. The number of nitrogens with one attached hydrogen (secondary N) is 1. The van der Waals surface area contributed by atoms with E-state index >= 15 is 0 Å². The van der Waals surface area contributed by atoms with Crippen LogP contribution in [0.2, 0.25) is 0 Å². The van der Waals surface area contributed by atoms with Gasteiger partial charge in [-0.2, -0.15) is 0 Å². The average molecular weight is 390 g/mol. The summed E-state index contributed by atoms with van der Waals surface area (Å²) < 4.78 is 13.7. The molecule has 2 heterocycles. The Hall–Kier alpha value is -3.45. The molecule has 0 saturated heterocycles. The number of nitrogens with zero attached hydrogens (tertiary/aromatic N) is 3. The van der Waals surface area contributed by atoms with Gasteiger partial charge in [0.25, 0.3) is 0 Å². The lowest BCUT2D eigenvalue weighted by Crippen LogP contribution is -2.07. The summed E-state index contributed by atoms with van der Waals surface area (Å²) in [5.74, 6) is -0.567. The summed E-state index contributed by atoms with van der Waals surface area (Å²) in [5, 5.41) is 3.17. The molecule has 2 aromatic carbocycles. The maximum Gasteiger partial charge on any atom is 0.250 e. The van der Waals surface area contributed by atoms with Crippen molar-refractivity contribution in [3.05, 3.63) is 89.0 Å². The van der Waals surface area contributed by atoms with Crippen LogP contribution in [0, 0.1) is 5.82 Å². The average Bonchev–Trinajstić information content (AvgIpc) is 3.15. The fourth-order valence-electron chi connectivity index (χ4n) is 2.64. The van der Waals surface area contributed by atoms with Crippen LogP contribution in [0.4, 0.5) is 9.52 Å². The summed E-state index contributed by atoms with van der Waals surface area (Å²) in [6, 6.07) is 14.1. The molecule has 0 atom stereocenters. The summed E-state index contributed by atoms with van der Waals surface area (Å²) in [7, 11) is 0. The van der Waals surface area contributed by atoms with Gasteiger partial charge in [0.15, 0.2) is 5.13 Å². The van der Waals surface area contributed by atoms with Gasteiger partial charge in [0.05, 0.1) is 22.9 Å². The zero-order chi connectivity index (χ0) is 19.3. The van der Waals surface area contributed by atoms with Gasteiger partial charge in [0, 0.05) is 23.6 Å². The van der Waals surface area contributed by atoms with Crippen LogP contribution in [0.5, 0.6) is 0 Å². The number of halogens is 1. The molecule has 0 aliphatic heterocycles. The third kappa shape index (κ3) is 4.27. The number of carbonyl (C=O) groups is 1. The van der Waals surface area contributed by atoms with Crippen LogP contribution in [0.1, 0.15) is 16.1 Å². The minimum Gasteiger partial charge on any atom is -0.298 e. The highest BCUT2D eigenvalue weighted by molar-refractivity contribution is 7.15. The molecule has 2 aromatic heterocycles. The maximum absolute atomic E-state index is 13.7. The number of para-hydroxylation sites is 2. The molecule has 0 unspecified atom stereocenters. The molecule has 0 bridgehead atoms. The summed E-state index contributed by atoms with van der Waals surface area (Å²) in [6.45, 7) is 0. The molecule has 0 spiro atoms. The standard InChI is InChI=1S/C21H15FN4OS/c22-17-6-2-1-5-14(17)11-16-13-24-21(28-16)26-20(27)10-9-15-12-23-18-7-3-4-8-19(18)25-15/h1-10,12-13H,11H2,(H,24,26,27). The van der Waals surface area contributed by atoms with Crippen molar-refractivity contribution in [1.29, 1.82) is 0 Å². The summed E-state index contributed by atoms with van der Waals surface area (Å²) in [6.07, 6.45) is 6.68. The van der Waals surface area contributed by atoms with E-state index in [1.165, 1.54) is 23.5 Å². The van der Waals surface area contributed by atoms with Gasteiger partial charge in [-0.1, -0.05) is 30.3 Å². The summed E-state index contributed by atoms with van der Waals surface area (Å²) in [4.78, 5) is 25.9. The summed E-state index contributed by atoms with van der Waals surface area (Å²) >= 11 is 1.32. The van der Waals surface area contributed by atoms with Crippen LogP contribution in [0.15, 0.2) is 67.0 Å². The van der Waals surface area contributed by atoms with Crippen LogP contribution in [-0.4, -0.2) is 20.9 Å². The number of aromatic nitrogens is 3. The van der Waals surface area contributed by atoms with Gasteiger partial charge in [-0.05, 0) is 29.8 Å². The van der Waals surface area contributed by atoms with Gasteiger partial charge < -0.3 is 0 Å². The van der Waals surface area contributed by atoms with Crippen molar-refractivity contribution in [1.82, 2.24) is 15.0 Å². The van der Waals surface area contributed by atoms with E-state index in [1.54, 1.807) is 36.7 Å². The number of fused-ring (bicyclic) bond motifs is 1. The van der Waals surface area contributed by atoms with Gasteiger partial charge in [-0.3, -0.25) is 15.1 Å². The lowest BCUT2D eigenvalue weighted by atomic mass is 10.1. The highest BCUT2D eigenvalue weighted by atomic mass is 32.1. The predicted octanol–water partition coefficient (Wildman–Crippen LogP) is 4.47. The fourth-order valence-corrected chi connectivity index (χ4v) is 3.47. The Morgan fingerprint density at radius 1 is 1.04 bits per heavy atom. The molecule has 28 heavy (non-hydrogen) atoms. The molecule has 7 heteroatoms. The number of thiazole rings is 1. The lowest BCUT2D eigenvalue weighted by molar-refractivity contribution is -0.111. The van der Waals surface area contributed by atoms with Crippen molar-refractivity contribution >= 4 is 39.5 Å². The first-order chi connectivity index (χ1) is 13.7. The number of anilines is 1. The van der Waals surface area contributed by atoms with Gasteiger partial charge in [0.1, 0.15) is 5.82 Å². The second-order valence-electron chi connectivity index (χ2n) is 6.01. The largest absolute Gasteiger partial charge is 0.298 e. The van der Waals surface area contributed by atoms with Crippen molar-refractivity contribution in [2.24, 2.45) is 0 Å². The van der Waals surface area contributed by atoms with Crippen LogP contribution in [0.3, 0.4) is 0 Å². The molecule has 0 fully saturated rings. The first-order valence-corrected chi connectivity index (χ1v) is 9.38. The molecule has 4 rings (SSSR count). The third-order valence-corrected chi connectivity index (χ3v) is 4.89. The van der Waals surface area contributed by atoms with Crippen molar-refractivity contribution in [3.63, 3.8) is 0 Å². The molecule has 1 amide bonds. The molecule has 1 N–H and O–H groups in total. The monoisotopic (exact) mass is 390 g/mol. The molecular weight excluding hydrogens is 375 g/mol. The minimum absolute atomic E-state index is 0.249. The van der Waals surface area contributed by atoms with Crippen molar-refractivity contribution in [2.45, 2.75) is 6.42 Å². The van der Waals surface area contributed by atoms with E-state index in [1.807, 2.05) is 24.3 Å². The van der Waals surface area contributed by atoms with Crippen molar-refractivity contribution in [3.8, 4) is 0 Å². The fraction of sp³-hybridized carbons (Fsp3) is 0.0476. The van der Waals surface area contributed by atoms with E-state index in [2.05, 4.69) is 20.3 Å². The number of amides is 1. The molecule has 138 valence electrons. The van der Waals surface area contributed by atoms with E-state index in [0.29, 0.717) is 22.8 Å². The molecule has 4 aromatic rings. The van der Waals surface area contributed by atoms with E-state index in [0.717, 1.165) is 15.9 Å². The zero-order valence-electron chi connectivity index (χ0n) is 14.7. The van der Waals surface area contributed by atoms with Crippen LogP contribution < -0.4 is 5.32 Å². The molecule has 0 aliphatic rings. The van der Waals surface area contributed by atoms with Crippen molar-refractivity contribution in [2.75, 3.05) is 5.32 Å². The van der Waals surface area contributed by atoms with Gasteiger partial charge in [-0.15, -0.1) is 11.3 Å². The van der Waals surface area contributed by atoms with Crippen LogP contribution >= 0.6 is 11.3 Å². The highest BCUT2D eigenvalue weighted by Crippen LogP contribution is 2.22. The quantitative estimate of drug-likeness (QED) is 0.511. The molecule has 5 nitrogen and oxygen atoms in total. The Morgan fingerprint density at radius 2 is 1.82 bits per heavy atom. The first-order valence-electron chi connectivity index (χ1n) is 8.56. The number of rotatable bonds is 5. The Bertz CT molecular complexity index is 1170. The van der Waals surface area contributed by atoms with E-state index in [-0.39, 0.29) is 11.7 Å². The second-order valence-corrected chi connectivity index (χ2v) is 7.12. The van der Waals surface area contributed by atoms with Crippen LogP contribution in [0.25, 0.3) is 17.1 Å². The van der Waals surface area contributed by atoms with Crippen molar-refractivity contribution < 1.29 is 9.18 Å². The number of hydrogen-bond acceptors (Lipinski definition) is 5. The Kier molecular flexibility index (Phi) is 5.16. The SMILES string of the molecule is O=C(C=Cc1cnc2ccccc2n1)Nc1ncc(Cc2ccccc2F)s1. The number of hydrogen-bond donors (Lipinski definition) is 1. The lowest BCUT2D eigenvalue weighted by Gasteiger charge is -1.99. The van der Waals surface area contributed by atoms with E-state index < -0.39 is 0 Å². The van der Waals surface area contributed by atoms with Gasteiger partial charge >= 0.3 is 0 Å². The maximum atomic E-state index is 13.7. The Labute approximate surface area is 164 Å². The molecule has 0 saturated carbocycles. The normalized spacial score (nSPS) is 11.2. The smallest absolute Gasteiger partial charge is 0.250 e. The number of benzene rings is 2. The molecule has 0 aliphatic carbocycles. The van der Waals surface area contributed by atoms with Gasteiger partial charge in [-0.25, -0.2) is 14.4 Å². The van der Waals surface area contributed by atoms with Crippen LogP contribution in [-0.2, 0) is 11.2 Å². The predicted molar refractivity (Wildman–Crippen MR) is 109 cm³/mol. The highest BCUT2D eigenvalue weighted by Gasteiger charge is 2.08.